The molecule has 1 aromatic rings. The largest absolute Gasteiger partial charge is 0.478 e. The topological polar surface area (TPSA) is 60.5 Å². The van der Waals surface area contributed by atoms with Crippen LogP contribution in [-0.4, -0.2) is 29.7 Å². The van der Waals surface area contributed by atoms with Crippen molar-refractivity contribution < 1.29 is 14.3 Å². The smallest absolute Gasteiger partial charge is 0.256 e. The Hall–Kier alpha value is -1.62. The number of pyridine rings is 1. The number of ether oxygens (including phenoxy) is 2. The molecule has 0 radical (unpaired) electrons. The van der Waals surface area contributed by atoms with Crippen molar-refractivity contribution in [1.82, 2.24) is 4.98 Å². The van der Waals surface area contributed by atoms with Crippen molar-refractivity contribution in [2.45, 2.75) is 60.0 Å². The predicted octanol–water partition coefficient (Wildman–Crippen LogP) is 3.96. The van der Waals surface area contributed by atoms with E-state index in [9.17, 15) is 4.79 Å². The molecule has 1 unspecified atom stereocenters. The maximum absolute atomic E-state index is 12.7. The Bertz CT molecular complexity index is 517. The quantitative estimate of drug-likeness (QED) is 0.747. The summed E-state index contributed by atoms with van der Waals surface area (Å²) in [5.74, 6) is 0.797. The third-order valence-corrected chi connectivity index (χ3v) is 3.50. The van der Waals surface area contributed by atoms with E-state index in [2.05, 4.69) is 24.1 Å². The van der Waals surface area contributed by atoms with Crippen LogP contribution in [0.1, 0.15) is 53.2 Å². The number of aromatic nitrogens is 1. The molecule has 1 rings (SSSR count). The van der Waals surface area contributed by atoms with Gasteiger partial charge in [-0.25, -0.2) is 4.98 Å². The lowest BCUT2D eigenvalue weighted by atomic mass is 9.93. The van der Waals surface area contributed by atoms with Crippen LogP contribution in [0.2, 0.25) is 0 Å². The molecule has 0 spiro atoms. The minimum atomic E-state index is -0.838. The fraction of sp³-hybridized carbons (Fsp3) is 0.667. The third-order valence-electron chi connectivity index (χ3n) is 3.50. The van der Waals surface area contributed by atoms with Crippen molar-refractivity contribution in [2.75, 3.05) is 18.5 Å². The van der Waals surface area contributed by atoms with E-state index in [1.165, 1.54) is 0 Å². The van der Waals surface area contributed by atoms with Crippen molar-refractivity contribution in [2.24, 2.45) is 5.92 Å². The lowest BCUT2D eigenvalue weighted by molar-refractivity contribution is -0.141. The van der Waals surface area contributed by atoms with Gasteiger partial charge >= 0.3 is 0 Å². The molecule has 0 saturated heterocycles. The highest BCUT2D eigenvalue weighted by atomic mass is 16.5. The van der Waals surface area contributed by atoms with Gasteiger partial charge < -0.3 is 14.8 Å². The number of hydrogen-bond donors (Lipinski definition) is 1. The molecule has 1 amide bonds. The first-order valence-corrected chi connectivity index (χ1v) is 8.38. The van der Waals surface area contributed by atoms with Gasteiger partial charge in [0.1, 0.15) is 5.60 Å². The number of carbonyl (C=O) groups excluding carboxylic acids is 1. The van der Waals surface area contributed by atoms with Gasteiger partial charge in [-0.2, -0.15) is 0 Å². The second kappa shape index (κ2) is 8.87. The van der Waals surface area contributed by atoms with E-state index in [4.69, 9.17) is 9.47 Å². The Morgan fingerprint density at radius 1 is 1.35 bits per heavy atom. The Kier molecular flexibility index (Phi) is 7.49. The molecule has 0 aliphatic rings. The molecule has 23 heavy (non-hydrogen) atoms. The highest BCUT2D eigenvalue weighted by Gasteiger charge is 2.35. The van der Waals surface area contributed by atoms with Crippen LogP contribution in [0.15, 0.2) is 12.1 Å². The summed E-state index contributed by atoms with van der Waals surface area (Å²) in [6, 6.07) is 3.58. The van der Waals surface area contributed by atoms with Crippen LogP contribution >= 0.6 is 0 Å². The van der Waals surface area contributed by atoms with E-state index in [0.717, 1.165) is 12.1 Å². The van der Waals surface area contributed by atoms with Gasteiger partial charge in [-0.05, 0) is 45.6 Å². The van der Waals surface area contributed by atoms with Gasteiger partial charge in [-0.3, -0.25) is 4.79 Å². The number of anilines is 1. The number of hydrogen-bond acceptors (Lipinski definition) is 4. The van der Waals surface area contributed by atoms with Crippen LogP contribution in [0.3, 0.4) is 0 Å². The second-order valence-electron chi connectivity index (χ2n) is 6.35. The summed E-state index contributed by atoms with van der Waals surface area (Å²) in [5, 5.41) is 2.95. The fourth-order valence-electron chi connectivity index (χ4n) is 2.48. The van der Waals surface area contributed by atoms with Gasteiger partial charge in [0.25, 0.3) is 5.91 Å². The third kappa shape index (κ3) is 5.82. The van der Waals surface area contributed by atoms with Crippen LogP contribution in [0.4, 0.5) is 5.69 Å². The first kappa shape index (κ1) is 19.4. The summed E-state index contributed by atoms with van der Waals surface area (Å²) in [4.78, 5) is 17.1. The molecule has 1 aromatic heterocycles. The van der Waals surface area contributed by atoms with E-state index in [-0.39, 0.29) is 5.91 Å². The summed E-state index contributed by atoms with van der Waals surface area (Å²) in [5.41, 5.74) is 0.579. The average molecular weight is 322 g/mol. The maximum atomic E-state index is 12.7. The summed E-state index contributed by atoms with van der Waals surface area (Å²) in [7, 11) is 0. The number of nitrogens with zero attached hydrogens (tertiary/aromatic N) is 1. The summed E-state index contributed by atoms with van der Waals surface area (Å²) in [6.07, 6.45) is 1.55. The van der Waals surface area contributed by atoms with Crippen molar-refractivity contribution in [3.63, 3.8) is 0 Å². The Morgan fingerprint density at radius 2 is 2.04 bits per heavy atom. The number of amides is 1. The van der Waals surface area contributed by atoms with Crippen molar-refractivity contribution in [1.29, 1.82) is 0 Å². The Morgan fingerprint density at radius 3 is 2.57 bits per heavy atom. The van der Waals surface area contributed by atoms with Crippen LogP contribution in [0, 0.1) is 12.8 Å². The van der Waals surface area contributed by atoms with Crippen LogP contribution in [-0.2, 0) is 9.53 Å². The first-order valence-electron chi connectivity index (χ1n) is 8.38. The molecule has 1 atom stereocenters. The highest BCUT2D eigenvalue weighted by molar-refractivity contribution is 5.97. The van der Waals surface area contributed by atoms with Crippen LogP contribution < -0.4 is 10.1 Å². The molecule has 130 valence electrons. The molecule has 0 aliphatic carbocycles. The first-order chi connectivity index (χ1) is 10.8. The van der Waals surface area contributed by atoms with E-state index in [1.54, 1.807) is 6.07 Å². The highest BCUT2D eigenvalue weighted by Crippen LogP contribution is 2.25. The fourth-order valence-corrected chi connectivity index (χ4v) is 2.48. The summed E-state index contributed by atoms with van der Waals surface area (Å²) >= 11 is 0. The molecule has 1 heterocycles. The zero-order valence-electron chi connectivity index (χ0n) is 15.2. The maximum Gasteiger partial charge on any atom is 0.256 e. The zero-order chi connectivity index (χ0) is 17.5. The van der Waals surface area contributed by atoms with Gasteiger partial charge in [0.2, 0.25) is 5.88 Å². The van der Waals surface area contributed by atoms with E-state index in [0.29, 0.717) is 37.1 Å². The van der Waals surface area contributed by atoms with Gasteiger partial charge in [-0.1, -0.05) is 20.8 Å². The van der Waals surface area contributed by atoms with Gasteiger partial charge in [0.15, 0.2) is 0 Å². The monoisotopic (exact) mass is 322 g/mol. The molecule has 1 N–H and O–H groups in total. The molecule has 0 fully saturated rings. The minimum absolute atomic E-state index is 0.131. The normalized spacial score (nSPS) is 13.7. The SMILES string of the molecule is CCCOC(C)(CC(C)C)C(=O)Nc1ccc(OCC)nc1C. The van der Waals surface area contributed by atoms with Crippen molar-refractivity contribution >= 4 is 11.6 Å². The lowest BCUT2D eigenvalue weighted by Crippen LogP contribution is -2.44. The van der Waals surface area contributed by atoms with E-state index in [1.807, 2.05) is 33.8 Å². The number of aryl methyl sites for hydroxylation is 1. The molecule has 0 saturated carbocycles. The Balaban J connectivity index is 2.89. The predicted molar refractivity (Wildman–Crippen MR) is 92.9 cm³/mol. The zero-order valence-corrected chi connectivity index (χ0v) is 15.2. The molecule has 0 aliphatic heterocycles. The summed E-state index contributed by atoms with van der Waals surface area (Å²) < 4.78 is 11.2. The minimum Gasteiger partial charge on any atom is -0.478 e. The number of nitrogens with one attached hydrogen (secondary N) is 1. The summed E-state index contributed by atoms with van der Waals surface area (Å²) in [6.45, 7) is 13.0. The number of carbonyl (C=O) groups is 1. The molecule has 0 aromatic carbocycles. The van der Waals surface area contributed by atoms with Gasteiger partial charge in [0, 0.05) is 12.7 Å². The second-order valence-corrected chi connectivity index (χ2v) is 6.35. The van der Waals surface area contributed by atoms with E-state index >= 15 is 0 Å². The molecular weight excluding hydrogens is 292 g/mol. The van der Waals surface area contributed by atoms with Gasteiger partial charge in [-0.15, -0.1) is 0 Å². The lowest BCUT2D eigenvalue weighted by Gasteiger charge is -2.30. The molecule has 5 nitrogen and oxygen atoms in total. The standard InChI is InChI=1S/C18H30N2O3/c1-7-11-23-18(6,12-13(3)4)17(21)20-15-9-10-16(22-8-2)19-14(15)5/h9-10,13H,7-8,11-12H2,1-6H3,(H,20,21). The number of rotatable bonds is 9. The van der Waals surface area contributed by atoms with Crippen LogP contribution in [0.5, 0.6) is 5.88 Å². The van der Waals surface area contributed by atoms with E-state index < -0.39 is 5.60 Å². The Labute approximate surface area is 139 Å². The molecule has 5 heteroatoms. The average Bonchev–Trinajstić information content (AvgIpc) is 2.47. The van der Waals surface area contributed by atoms with Crippen molar-refractivity contribution in [3.05, 3.63) is 17.8 Å². The molecule has 0 bridgehead atoms. The van der Waals surface area contributed by atoms with Crippen LogP contribution in [0.25, 0.3) is 0 Å². The molecular formula is C18H30N2O3. The van der Waals surface area contributed by atoms with Crippen molar-refractivity contribution in [3.8, 4) is 5.88 Å². The van der Waals surface area contributed by atoms with Gasteiger partial charge in [0.05, 0.1) is 18.0 Å².